The topological polar surface area (TPSA) is 77.8 Å². The zero-order chi connectivity index (χ0) is 20.5. The molecule has 6 heteroatoms. The number of carbonyl (C=O) groups excluding carboxylic acids is 2. The SMILES string of the molecule is CCOC(=O)c1c(C)n(C(C)C)c2ccc(O)c(C(C)(C)C(=O)OCC)c12. The summed E-state index contributed by atoms with van der Waals surface area (Å²) in [5.74, 6) is -0.976. The summed E-state index contributed by atoms with van der Waals surface area (Å²) >= 11 is 0. The molecular weight excluding hydrogens is 346 g/mol. The van der Waals surface area contributed by atoms with Crippen molar-refractivity contribution in [3.05, 3.63) is 29.0 Å². The molecule has 0 unspecified atom stereocenters. The molecule has 0 radical (unpaired) electrons. The fourth-order valence-corrected chi connectivity index (χ4v) is 3.68. The van der Waals surface area contributed by atoms with Crippen LogP contribution in [-0.2, 0) is 19.7 Å². The molecule has 0 spiro atoms. The van der Waals surface area contributed by atoms with Crippen LogP contribution in [0.5, 0.6) is 5.75 Å². The minimum atomic E-state index is -1.14. The Hall–Kier alpha value is -2.50. The van der Waals surface area contributed by atoms with Gasteiger partial charge in [0.25, 0.3) is 0 Å². The third-order valence-corrected chi connectivity index (χ3v) is 4.80. The van der Waals surface area contributed by atoms with Gasteiger partial charge in [-0.2, -0.15) is 0 Å². The molecular formula is C21H29NO5. The molecule has 0 aliphatic heterocycles. The minimum Gasteiger partial charge on any atom is -0.508 e. The molecule has 1 N–H and O–H groups in total. The van der Waals surface area contributed by atoms with Crippen LogP contribution in [0.4, 0.5) is 0 Å². The summed E-state index contributed by atoms with van der Waals surface area (Å²) in [6.45, 7) is 13.2. The van der Waals surface area contributed by atoms with Crippen molar-refractivity contribution in [2.24, 2.45) is 0 Å². The van der Waals surface area contributed by atoms with Gasteiger partial charge in [-0.05, 0) is 60.6 Å². The molecule has 0 atom stereocenters. The summed E-state index contributed by atoms with van der Waals surface area (Å²) in [6, 6.07) is 3.41. The average Bonchev–Trinajstić information content (AvgIpc) is 2.86. The van der Waals surface area contributed by atoms with Crippen LogP contribution in [0.25, 0.3) is 10.9 Å². The van der Waals surface area contributed by atoms with Crippen molar-refractivity contribution in [3.8, 4) is 5.75 Å². The highest BCUT2D eigenvalue weighted by atomic mass is 16.5. The molecule has 6 nitrogen and oxygen atoms in total. The van der Waals surface area contributed by atoms with Crippen LogP contribution < -0.4 is 0 Å². The molecule has 0 saturated heterocycles. The van der Waals surface area contributed by atoms with Gasteiger partial charge in [0, 0.05) is 28.2 Å². The van der Waals surface area contributed by atoms with Crippen LogP contribution in [0.2, 0.25) is 0 Å². The molecule has 0 fully saturated rings. The monoisotopic (exact) mass is 375 g/mol. The summed E-state index contributed by atoms with van der Waals surface area (Å²) in [5.41, 5.74) is 1.13. The van der Waals surface area contributed by atoms with E-state index in [1.165, 1.54) is 0 Å². The van der Waals surface area contributed by atoms with Gasteiger partial charge in [-0.3, -0.25) is 4.79 Å². The number of nitrogens with zero attached hydrogens (tertiary/aromatic N) is 1. The predicted octanol–water partition coefficient (Wildman–Crippen LogP) is 4.25. The highest BCUT2D eigenvalue weighted by Gasteiger charge is 2.38. The highest BCUT2D eigenvalue weighted by Crippen LogP contribution is 2.42. The number of phenolic OH excluding ortho intramolecular Hbond substituents is 1. The largest absolute Gasteiger partial charge is 0.508 e. The molecule has 0 aliphatic rings. The maximum atomic E-state index is 12.8. The van der Waals surface area contributed by atoms with Crippen molar-refractivity contribution >= 4 is 22.8 Å². The zero-order valence-corrected chi connectivity index (χ0v) is 17.2. The van der Waals surface area contributed by atoms with Gasteiger partial charge in [0.05, 0.1) is 24.2 Å². The molecule has 1 aromatic carbocycles. The third-order valence-electron chi connectivity index (χ3n) is 4.80. The predicted molar refractivity (Wildman–Crippen MR) is 104 cm³/mol. The molecule has 0 bridgehead atoms. The number of hydrogen-bond donors (Lipinski definition) is 1. The standard InChI is InChI=1S/C21H29NO5/c1-8-26-19(24)16-13(5)22(12(3)4)14-10-11-15(23)18(17(14)16)21(6,7)20(25)27-9-2/h10-12,23H,8-9H2,1-7H3. The number of aromatic nitrogens is 1. The number of ether oxygens (including phenoxy) is 2. The number of fused-ring (bicyclic) bond motifs is 1. The van der Waals surface area contributed by atoms with Gasteiger partial charge >= 0.3 is 11.9 Å². The van der Waals surface area contributed by atoms with E-state index < -0.39 is 17.4 Å². The summed E-state index contributed by atoms with van der Waals surface area (Å²) in [6.07, 6.45) is 0. The van der Waals surface area contributed by atoms with E-state index in [4.69, 9.17) is 9.47 Å². The van der Waals surface area contributed by atoms with Crippen LogP contribution in [-0.4, -0.2) is 34.8 Å². The van der Waals surface area contributed by atoms with Crippen molar-refractivity contribution in [1.82, 2.24) is 4.57 Å². The number of benzene rings is 1. The summed E-state index contributed by atoms with van der Waals surface area (Å²) in [5, 5.41) is 11.2. The van der Waals surface area contributed by atoms with E-state index >= 15 is 0 Å². The van der Waals surface area contributed by atoms with Gasteiger partial charge < -0.3 is 19.1 Å². The van der Waals surface area contributed by atoms with Crippen molar-refractivity contribution in [2.75, 3.05) is 13.2 Å². The smallest absolute Gasteiger partial charge is 0.340 e. The first kappa shape index (κ1) is 20.8. The maximum Gasteiger partial charge on any atom is 0.340 e. The lowest BCUT2D eigenvalue weighted by Crippen LogP contribution is -2.31. The number of hydrogen-bond acceptors (Lipinski definition) is 5. The van der Waals surface area contributed by atoms with Crippen molar-refractivity contribution in [3.63, 3.8) is 0 Å². The van der Waals surface area contributed by atoms with Gasteiger partial charge in [-0.15, -0.1) is 0 Å². The highest BCUT2D eigenvalue weighted by molar-refractivity contribution is 6.09. The van der Waals surface area contributed by atoms with E-state index in [0.29, 0.717) is 16.5 Å². The Labute approximate surface area is 160 Å². The lowest BCUT2D eigenvalue weighted by atomic mass is 9.81. The minimum absolute atomic E-state index is 0.0491. The Morgan fingerprint density at radius 1 is 1.15 bits per heavy atom. The number of aromatic hydroxyl groups is 1. The van der Waals surface area contributed by atoms with Crippen molar-refractivity contribution < 1.29 is 24.2 Å². The van der Waals surface area contributed by atoms with Crippen molar-refractivity contribution in [1.29, 1.82) is 0 Å². The molecule has 2 aromatic rings. The van der Waals surface area contributed by atoms with Crippen LogP contribution in [0.3, 0.4) is 0 Å². The fourth-order valence-electron chi connectivity index (χ4n) is 3.68. The first-order chi connectivity index (χ1) is 12.6. The van der Waals surface area contributed by atoms with Gasteiger partial charge in [0.2, 0.25) is 0 Å². The van der Waals surface area contributed by atoms with E-state index in [9.17, 15) is 14.7 Å². The second-order valence-corrected chi connectivity index (χ2v) is 7.34. The van der Waals surface area contributed by atoms with Crippen LogP contribution in [0, 0.1) is 6.92 Å². The molecule has 148 valence electrons. The third kappa shape index (κ3) is 3.40. The molecule has 0 amide bonds. The van der Waals surface area contributed by atoms with Crippen LogP contribution in [0.1, 0.15) is 69.2 Å². The molecule has 27 heavy (non-hydrogen) atoms. The normalized spacial score (nSPS) is 11.9. The molecule has 0 aliphatic carbocycles. The number of phenols is 1. The Kier molecular flexibility index (Phi) is 5.88. The van der Waals surface area contributed by atoms with E-state index in [-0.39, 0.29) is 25.0 Å². The van der Waals surface area contributed by atoms with Crippen LogP contribution >= 0.6 is 0 Å². The second kappa shape index (κ2) is 7.62. The first-order valence-electron chi connectivity index (χ1n) is 9.30. The lowest BCUT2D eigenvalue weighted by Gasteiger charge is -2.25. The maximum absolute atomic E-state index is 12.8. The summed E-state index contributed by atoms with van der Waals surface area (Å²) in [7, 11) is 0. The van der Waals surface area contributed by atoms with E-state index in [2.05, 4.69) is 0 Å². The molecule has 2 rings (SSSR count). The summed E-state index contributed by atoms with van der Waals surface area (Å²) in [4.78, 5) is 25.4. The summed E-state index contributed by atoms with van der Waals surface area (Å²) < 4.78 is 12.5. The lowest BCUT2D eigenvalue weighted by molar-refractivity contribution is -0.148. The molecule has 1 heterocycles. The Morgan fingerprint density at radius 3 is 2.26 bits per heavy atom. The van der Waals surface area contributed by atoms with Gasteiger partial charge in [-0.25, -0.2) is 4.79 Å². The molecule has 1 aromatic heterocycles. The number of carbonyl (C=O) groups is 2. The number of esters is 2. The van der Waals surface area contributed by atoms with E-state index in [0.717, 1.165) is 11.2 Å². The van der Waals surface area contributed by atoms with Gasteiger partial charge in [-0.1, -0.05) is 0 Å². The van der Waals surface area contributed by atoms with Crippen molar-refractivity contribution in [2.45, 2.75) is 59.9 Å². The first-order valence-corrected chi connectivity index (χ1v) is 9.30. The van der Waals surface area contributed by atoms with E-state index in [1.54, 1.807) is 39.8 Å². The van der Waals surface area contributed by atoms with Gasteiger partial charge in [0.15, 0.2) is 0 Å². The van der Waals surface area contributed by atoms with Crippen LogP contribution in [0.15, 0.2) is 12.1 Å². The average molecular weight is 375 g/mol. The zero-order valence-electron chi connectivity index (χ0n) is 17.2. The Bertz CT molecular complexity index is 877. The quantitative estimate of drug-likeness (QED) is 0.764. The van der Waals surface area contributed by atoms with Gasteiger partial charge in [0.1, 0.15) is 5.75 Å². The fraction of sp³-hybridized carbons (Fsp3) is 0.524. The Balaban J connectivity index is 2.97. The second-order valence-electron chi connectivity index (χ2n) is 7.34. The molecule has 0 saturated carbocycles. The Morgan fingerprint density at radius 2 is 1.74 bits per heavy atom. The van der Waals surface area contributed by atoms with E-state index in [1.807, 2.05) is 25.3 Å². The number of rotatable bonds is 6.